The van der Waals surface area contributed by atoms with Gasteiger partial charge in [0.05, 0.1) is 4.90 Å². The molecular formula is C12H16FN3O3S. The number of sulfone groups is 1. The van der Waals surface area contributed by atoms with E-state index in [1.54, 1.807) is 13.8 Å². The maximum atomic E-state index is 13.1. The van der Waals surface area contributed by atoms with Crippen LogP contribution in [0, 0.1) is 13.8 Å². The largest absolute Gasteiger partial charge is 0.370 e. The number of nitrogens with two attached hydrogens (primary N) is 2. The van der Waals surface area contributed by atoms with Crippen LogP contribution in [0.25, 0.3) is 0 Å². The zero-order valence-electron chi connectivity index (χ0n) is 11.4. The van der Waals surface area contributed by atoms with Crippen molar-refractivity contribution in [3.05, 3.63) is 28.3 Å². The Morgan fingerprint density at radius 3 is 2.25 bits per heavy atom. The van der Waals surface area contributed by atoms with Crippen molar-refractivity contribution in [2.75, 3.05) is 6.26 Å². The first-order chi connectivity index (χ1) is 9.09. The maximum absolute atomic E-state index is 13.1. The summed E-state index contributed by atoms with van der Waals surface area (Å²) in [5.41, 5.74) is 11.0. The normalized spacial score (nSPS) is 11.2. The van der Waals surface area contributed by atoms with Crippen molar-refractivity contribution in [3.63, 3.8) is 0 Å². The van der Waals surface area contributed by atoms with Gasteiger partial charge in [-0.2, -0.15) is 4.99 Å². The van der Waals surface area contributed by atoms with E-state index in [9.17, 15) is 17.6 Å². The van der Waals surface area contributed by atoms with Crippen molar-refractivity contribution in [1.82, 2.24) is 0 Å². The SMILES string of the molecule is Cc1c(S(C)(=O)=O)cc(C(=O)N=C(N)N)c(CF)c1C. The number of rotatable bonds is 3. The summed E-state index contributed by atoms with van der Waals surface area (Å²) in [4.78, 5) is 15.2. The number of hydrogen-bond donors (Lipinski definition) is 2. The third-order valence-corrected chi connectivity index (χ3v) is 4.20. The topological polar surface area (TPSA) is 116 Å². The Balaban J connectivity index is 3.72. The van der Waals surface area contributed by atoms with E-state index in [0.717, 1.165) is 12.3 Å². The van der Waals surface area contributed by atoms with Gasteiger partial charge < -0.3 is 11.5 Å². The van der Waals surface area contributed by atoms with Crippen LogP contribution in [0.2, 0.25) is 0 Å². The van der Waals surface area contributed by atoms with Crippen LogP contribution < -0.4 is 11.5 Å². The standard InChI is InChI=1S/C12H16FN3O3S/c1-6-7(2)10(20(3,18)19)4-8(9(6)5-13)11(17)16-12(14)15/h4H,5H2,1-3H3,(H4,14,15,16,17). The molecule has 0 saturated carbocycles. The molecule has 0 aromatic heterocycles. The summed E-state index contributed by atoms with van der Waals surface area (Å²) in [6.07, 6.45) is 1.01. The highest BCUT2D eigenvalue weighted by Crippen LogP contribution is 2.27. The number of hydrogen-bond acceptors (Lipinski definition) is 3. The summed E-state index contributed by atoms with van der Waals surface area (Å²) < 4.78 is 36.6. The van der Waals surface area contributed by atoms with E-state index in [4.69, 9.17) is 11.5 Å². The fourth-order valence-corrected chi connectivity index (χ4v) is 2.91. The molecule has 0 bridgehead atoms. The second-order valence-electron chi connectivity index (χ2n) is 4.40. The van der Waals surface area contributed by atoms with Gasteiger partial charge in [-0.1, -0.05) is 0 Å². The summed E-state index contributed by atoms with van der Waals surface area (Å²) in [7, 11) is -3.55. The van der Waals surface area contributed by atoms with Crippen LogP contribution in [0.1, 0.15) is 27.0 Å². The van der Waals surface area contributed by atoms with E-state index >= 15 is 0 Å². The zero-order valence-corrected chi connectivity index (χ0v) is 12.2. The molecule has 4 N–H and O–H groups in total. The summed E-state index contributed by atoms with van der Waals surface area (Å²) >= 11 is 0. The van der Waals surface area contributed by atoms with E-state index in [0.29, 0.717) is 11.1 Å². The Labute approximate surface area is 116 Å². The second-order valence-corrected chi connectivity index (χ2v) is 6.38. The first kappa shape index (κ1) is 16.1. The number of amides is 1. The lowest BCUT2D eigenvalue weighted by Gasteiger charge is -2.14. The Kier molecular flexibility index (Phi) is 4.49. The minimum Gasteiger partial charge on any atom is -0.370 e. The van der Waals surface area contributed by atoms with Crippen molar-refractivity contribution in [2.24, 2.45) is 16.5 Å². The number of guanidine groups is 1. The molecule has 1 aromatic carbocycles. The molecule has 0 fully saturated rings. The first-order valence-corrected chi connectivity index (χ1v) is 7.51. The fraction of sp³-hybridized carbons (Fsp3) is 0.333. The summed E-state index contributed by atoms with van der Waals surface area (Å²) in [6.45, 7) is 2.18. The number of benzene rings is 1. The van der Waals surface area contributed by atoms with Crippen molar-refractivity contribution < 1.29 is 17.6 Å². The molecule has 6 nitrogen and oxygen atoms in total. The third-order valence-electron chi connectivity index (χ3n) is 2.98. The molecule has 20 heavy (non-hydrogen) atoms. The Bertz CT molecular complexity index is 692. The van der Waals surface area contributed by atoms with Gasteiger partial charge in [0.15, 0.2) is 15.8 Å². The highest BCUT2D eigenvalue weighted by Gasteiger charge is 2.21. The summed E-state index contributed by atoms with van der Waals surface area (Å²) in [6, 6.07) is 1.11. The van der Waals surface area contributed by atoms with Gasteiger partial charge in [0.25, 0.3) is 5.91 Å². The summed E-state index contributed by atoms with van der Waals surface area (Å²) in [5, 5.41) is 0. The van der Waals surface area contributed by atoms with Gasteiger partial charge in [0.1, 0.15) is 6.67 Å². The number of halogens is 1. The van der Waals surface area contributed by atoms with E-state index in [-0.39, 0.29) is 16.0 Å². The van der Waals surface area contributed by atoms with Crippen molar-refractivity contribution in [3.8, 4) is 0 Å². The first-order valence-electron chi connectivity index (χ1n) is 5.62. The van der Waals surface area contributed by atoms with Crippen LogP contribution in [0.4, 0.5) is 4.39 Å². The van der Waals surface area contributed by atoms with E-state index in [1.807, 2.05) is 0 Å². The monoisotopic (exact) mass is 301 g/mol. The van der Waals surface area contributed by atoms with Gasteiger partial charge in [-0.25, -0.2) is 12.8 Å². The minimum atomic E-state index is -3.55. The zero-order chi connectivity index (χ0) is 15.7. The number of carbonyl (C=O) groups excluding carboxylic acids is 1. The van der Waals surface area contributed by atoms with Gasteiger partial charge in [0, 0.05) is 11.8 Å². The molecule has 1 amide bonds. The predicted molar refractivity (Wildman–Crippen MR) is 74.0 cm³/mol. The molecule has 0 atom stereocenters. The summed E-state index contributed by atoms with van der Waals surface area (Å²) in [5.74, 6) is -1.34. The highest BCUT2D eigenvalue weighted by atomic mass is 32.2. The number of carbonyl (C=O) groups is 1. The van der Waals surface area contributed by atoms with E-state index in [2.05, 4.69) is 4.99 Å². The molecule has 0 heterocycles. The molecule has 0 radical (unpaired) electrons. The van der Waals surface area contributed by atoms with Crippen LogP contribution in [-0.4, -0.2) is 26.5 Å². The molecule has 110 valence electrons. The molecule has 0 spiro atoms. The third kappa shape index (κ3) is 3.13. The van der Waals surface area contributed by atoms with Gasteiger partial charge in [-0.15, -0.1) is 0 Å². The lowest BCUT2D eigenvalue weighted by atomic mass is 9.98. The molecule has 0 aliphatic heterocycles. The lowest BCUT2D eigenvalue weighted by molar-refractivity contribution is 0.100. The quantitative estimate of drug-likeness (QED) is 0.626. The lowest BCUT2D eigenvalue weighted by Crippen LogP contribution is -2.24. The molecule has 1 aromatic rings. The molecule has 0 aliphatic carbocycles. The number of aliphatic imine (C=N–C) groups is 1. The molecular weight excluding hydrogens is 285 g/mol. The molecule has 0 aliphatic rings. The van der Waals surface area contributed by atoms with Gasteiger partial charge >= 0.3 is 0 Å². The fourth-order valence-electron chi connectivity index (χ4n) is 1.87. The van der Waals surface area contributed by atoms with Gasteiger partial charge in [-0.3, -0.25) is 4.79 Å². The maximum Gasteiger partial charge on any atom is 0.280 e. The van der Waals surface area contributed by atoms with Crippen molar-refractivity contribution in [1.29, 1.82) is 0 Å². The average molecular weight is 301 g/mol. The van der Waals surface area contributed by atoms with Crippen LogP contribution in [0.5, 0.6) is 0 Å². The second kappa shape index (κ2) is 5.58. The van der Waals surface area contributed by atoms with Crippen LogP contribution >= 0.6 is 0 Å². The van der Waals surface area contributed by atoms with Gasteiger partial charge in [0.2, 0.25) is 0 Å². The molecule has 8 heteroatoms. The number of nitrogens with zero attached hydrogens (tertiary/aromatic N) is 1. The minimum absolute atomic E-state index is 0.0404. The predicted octanol–water partition coefficient (Wildman–Crippen LogP) is 0.590. The smallest absolute Gasteiger partial charge is 0.280 e. The average Bonchev–Trinajstić information content (AvgIpc) is 2.29. The van der Waals surface area contributed by atoms with Crippen LogP contribution in [-0.2, 0) is 16.5 Å². The Hall–Kier alpha value is -1.96. The van der Waals surface area contributed by atoms with Crippen molar-refractivity contribution >= 4 is 21.7 Å². The Morgan fingerprint density at radius 2 is 1.85 bits per heavy atom. The van der Waals surface area contributed by atoms with Crippen molar-refractivity contribution in [2.45, 2.75) is 25.4 Å². The van der Waals surface area contributed by atoms with Crippen LogP contribution in [0.15, 0.2) is 16.0 Å². The van der Waals surface area contributed by atoms with E-state index < -0.39 is 28.4 Å². The highest BCUT2D eigenvalue weighted by molar-refractivity contribution is 7.90. The Morgan fingerprint density at radius 1 is 1.30 bits per heavy atom. The molecule has 0 unspecified atom stereocenters. The molecule has 1 rings (SSSR count). The van der Waals surface area contributed by atoms with Crippen LogP contribution in [0.3, 0.4) is 0 Å². The van der Waals surface area contributed by atoms with Gasteiger partial charge in [-0.05, 0) is 36.6 Å². The van der Waals surface area contributed by atoms with E-state index in [1.165, 1.54) is 0 Å². The number of alkyl halides is 1. The molecule has 0 saturated heterocycles.